The molecular weight excluding hydrogens is 309 g/mol. The zero-order valence-corrected chi connectivity index (χ0v) is 12.2. The molecule has 0 bridgehead atoms. The largest absolute Gasteiger partial charge is 0.322 e. The minimum atomic E-state index is -0.551. The number of aryl methyl sites for hydroxylation is 2. The van der Waals surface area contributed by atoms with Crippen molar-refractivity contribution in [3.05, 3.63) is 63.4 Å². The molecule has 0 spiro atoms. The second-order valence-electron chi connectivity index (χ2n) is 4.37. The first-order valence-corrected chi connectivity index (χ1v) is 6.61. The Balaban J connectivity index is 2.28. The molecule has 1 N–H and O–H groups in total. The molecule has 0 aliphatic heterocycles. The van der Waals surface area contributed by atoms with Crippen LogP contribution in [-0.2, 0) is 0 Å². The first-order chi connectivity index (χ1) is 8.99. The second-order valence-corrected chi connectivity index (χ2v) is 5.23. The van der Waals surface area contributed by atoms with Gasteiger partial charge in [0.2, 0.25) is 0 Å². The zero-order chi connectivity index (χ0) is 14.0. The number of nitrogens with one attached hydrogen (secondary N) is 1. The molecule has 2 aromatic rings. The number of hydrogen-bond acceptors (Lipinski definition) is 1. The highest BCUT2D eigenvalue weighted by atomic mass is 79.9. The van der Waals surface area contributed by atoms with Crippen LogP contribution in [0.15, 0.2) is 40.9 Å². The van der Waals surface area contributed by atoms with Gasteiger partial charge in [0, 0.05) is 5.69 Å². The topological polar surface area (TPSA) is 29.1 Å². The van der Waals surface area contributed by atoms with Crippen LogP contribution in [-0.4, -0.2) is 5.91 Å². The zero-order valence-electron chi connectivity index (χ0n) is 10.6. The van der Waals surface area contributed by atoms with Crippen LogP contribution < -0.4 is 5.32 Å². The molecule has 2 rings (SSSR count). The molecule has 98 valence electrons. The molecule has 0 unspecified atom stereocenters. The third-order valence-electron chi connectivity index (χ3n) is 2.83. The maximum atomic E-state index is 13.8. The van der Waals surface area contributed by atoms with Crippen LogP contribution >= 0.6 is 15.9 Å². The molecule has 0 heterocycles. The summed E-state index contributed by atoms with van der Waals surface area (Å²) in [6.07, 6.45) is 0. The van der Waals surface area contributed by atoms with Crippen molar-refractivity contribution in [2.45, 2.75) is 13.8 Å². The van der Waals surface area contributed by atoms with Gasteiger partial charge in [0.15, 0.2) is 0 Å². The Hall–Kier alpha value is -1.68. The summed E-state index contributed by atoms with van der Waals surface area (Å²) in [6.45, 7) is 3.88. The first kappa shape index (κ1) is 13.7. The number of benzene rings is 2. The molecule has 0 aromatic heterocycles. The molecular formula is C15H13BrFNO. The molecule has 0 aliphatic carbocycles. The van der Waals surface area contributed by atoms with Gasteiger partial charge in [-0.25, -0.2) is 4.39 Å². The third kappa shape index (κ3) is 3.01. The Labute approximate surface area is 119 Å². The maximum absolute atomic E-state index is 13.8. The van der Waals surface area contributed by atoms with E-state index in [4.69, 9.17) is 0 Å². The summed E-state index contributed by atoms with van der Waals surface area (Å²) in [7, 11) is 0. The van der Waals surface area contributed by atoms with Gasteiger partial charge in [-0.15, -0.1) is 0 Å². The summed E-state index contributed by atoms with van der Waals surface area (Å²) in [5.74, 6) is -1.00. The summed E-state index contributed by atoms with van der Waals surface area (Å²) in [5.41, 5.74) is 2.78. The minimum absolute atomic E-state index is 0.0225. The van der Waals surface area contributed by atoms with Crippen molar-refractivity contribution >= 4 is 27.5 Å². The maximum Gasteiger partial charge on any atom is 0.258 e. The number of anilines is 1. The fourth-order valence-electron chi connectivity index (χ4n) is 1.82. The van der Waals surface area contributed by atoms with Gasteiger partial charge >= 0.3 is 0 Å². The molecule has 2 nitrogen and oxygen atoms in total. The van der Waals surface area contributed by atoms with E-state index in [0.717, 1.165) is 11.1 Å². The highest BCUT2D eigenvalue weighted by molar-refractivity contribution is 9.10. The molecule has 0 atom stereocenters. The smallest absolute Gasteiger partial charge is 0.258 e. The van der Waals surface area contributed by atoms with E-state index in [0.29, 0.717) is 5.69 Å². The molecule has 0 aliphatic rings. The van der Waals surface area contributed by atoms with Crippen molar-refractivity contribution in [2.24, 2.45) is 0 Å². The van der Waals surface area contributed by atoms with Crippen LogP contribution in [0.5, 0.6) is 0 Å². The van der Waals surface area contributed by atoms with E-state index < -0.39 is 11.7 Å². The van der Waals surface area contributed by atoms with E-state index in [9.17, 15) is 9.18 Å². The number of carbonyl (C=O) groups excluding carboxylic acids is 1. The molecule has 2 aromatic carbocycles. The molecule has 4 heteroatoms. The highest BCUT2D eigenvalue weighted by Crippen LogP contribution is 2.21. The standard InChI is InChI=1S/C15H13BrFNO/c1-9-6-7-13(10(2)8-9)18-15(19)11-4-3-5-12(16)14(11)17/h3-8H,1-2H3,(H,18,19). The average molecular weight is 322 g/mol. The van der Waals surface area contributed by atoms with Crippen molar-refractivity contribution in [2.75, 3.05) is 5.32 Å². The SMILES string of the molecule is Cc1ccc(NC(=O)c2cccc(Br)c2F)c(C)c1. The van der Waals surface area contributed by atoms with Crippen molar-refractivity contribution in [1.82, 2.24) is 0 Å². The van der Waals surface area contributed by atoms with Gasteiger partial charge in [-0.3, -0.25) is 4.79 Å². The first-order valence-electron chi connectivity index (χ1n) is 5.81. The molecule has 0 saturated heterocycles. The lowest BCUT2D eigenvalue weighted by molar-refractivity contribution is 0.102. The van der Waals surface area contributed by atoms with Crippen molar-refractivity contribution in [3.8, 4) is 0 Å². The summed E-state index contributed by atoms with van der Waals surface area (Å²) in [5, 5.41) is 2.72. The van der Waals surface area contributed by atoms with Crippen LogP contribution in [0.3, 0.4) is 0 Å². The van der Waals surface area contributed by atoms with Crippen LogP contribution in [0.1, 0.15) is 21.5 Å². The number of hydrogen-bond donors (Lipinski definition) is 1. The molecule has 19 heavy (non-hydrogen) atoms. The Morgan fingerprint density at radius 2 is 1.95 bits per heavy atom. The van der Waals surface area contributed by atoms with Gasteiger partial charge < -0.3 is 5.32 Å². The Bertz CT molecular complexity index is 640. The Morgan fingerprint density at radius 3 is 2.63 bits per heavy atom. The third-order valence-corrected chi connectivity index (χ3v) is 3.44. The summed E-state index contributed by atoms with van der Waals surface area (Å²) in [6, 6.07) is 10.3. The fraction of sp³-hybridized carbons (Fsp3) is 0.133. The van der Waals surface area contributed by atoms with Crippen LogP contribution in [0, 0.1) is 19.7 Å². The highest BCUT2D eigenvalue weighted by Gasteiger charge is 2.14. The lowest BCUT2D eigenvalue weighted by atomic mass is 10.1. The van der Waals surface area contributed by atoms with Crippen LogP contribution in [0.2, 0.25) is 0 Å². The van der Waals surface area contributed by atoms with Gasteiger partial charge in [-0.05, 0) is 53.5 Å². The summed E-state index contributed by atoms with van der Waals surface area (Å²) >= 11 is 3.07. The second kappa shape index (κ2) is 5.53. The van der Waals surface area contributed by atoms with Gasteiger partial charge in [0.25, 0.3) is 5.91 Å². The molecule has 0 fully saturated rings. The molecule has 0 saturated carbocycles. The van der Waals surface area contributed by atoms with E-state index in [2.05, 4.69) is 21.2 Å². The Morgan fingerprint density at radius 1 is 1.21 bits per heavy atom. The molecule has 1 amide bonds. The van der Waals surface area contributed by atoms with Crippen LogP contribution in [0.25, 0.3) is 0 Å². The van der Waals surface area contributed by atoms with Crippen molar-refractivity contribution < 1.29 is 9.18 Å². The minimum Gasteiger partial charge on any atom is -0.322 e. The van der Waals surface area contributed by atoms with Gasteiger partial charge in [0.1, 0.15) is 5.82 Å². The average Bonchev–Trinajstić information content (AvgIpc) is 2.36. The summed E-state index contributed by atoms with van der Waals surface area (Å²) in [4.78, 5) is 12.1. The van der Waals surface area contributed by atoms with Gasteiger partial charge in [-0.1, -0.05) is 23.8 Å². The van der Waals surface area contributed by atoms with Gasteiger partial charge in [0.05, 0.1) is 10.0 Å². The van der Waals surface area contributed by atoms with Crippen molar-refractivity contribution in [3.63, 3.8) is 0 Å². The lowest BCUT2D eigenvalue weighted by Gasteiger charge is -2.10. The lowest BCUT2D eigenvalue weighted by Crippen LogP contribution is -2.14. The van der Waals surface area contributed by atoms with E-state index in [1.165, 1.54) is 6.07 Å². The van der Waals surface area contributed by atoms with Crippen molar-refractivity contribution in [1.29, 1.82) is 0 Å². The van der Waals surface area contributed by atoms with Crippen LogP contribution in [0.4, 0.5) is 10.1 Å². The number of halogens is 2. The predicted octanol–water partition coefficient (Wildman–Crippen LogP) is 4.46. The van der Waals surface area contributed by atoms with E-state index >= 15 is 0 Å². The Kier molecular flexibility index (Phi) is 4.00. The number of amides is 1. The summed E-state index contributed by atoms with van der Waals surface area (Å²) < 4.78 is 14.1. The molecule has 0 radical (unpaired) electrons. The quantitative estimate of drug-likeness (QED) is 0.869. The van der Waals surface area contributed by atoms with E-state index in [1.807, 2.05) is 32.0 Å². The monoisotopic (exact) mass is 321 g/mol. The predicted molar refractivity (Wildman–Crippen MR) is 78.0 cm³/mol. The van der Waals surface area contributed by atoms with E-state index in [1.54, 1.807) is 12.1 Å². The van der Waals surface area contributed by atoms with E-state index in [-0.39, 0.29) is 10.0 Å². The number of rotatable bonds is 2. The fourth-order valence-corrected chi connectivity index (χ4v) is 2.19. The van der Waals surface area contributed by atoms with Gasteiger partial charge in [-0.2, -0.15) is 0 Å². The number of carbonyl (C=O) groups is 1. The normalized spacial score (nSPS) is 10.3.